The number of ether oxygens (including phenoxy) is 1. The first-order valence-corrected chi connectivity index (χ1v) is 13.9. The summed E-state index contributed by atoms with van der Waals surface area (Å²) < 4.78 is 7.54. The van der Waals surface area contributed by atoms with Crippen molar-refractivity contribution in [2.24, 2.45) is 0 Å². The van der Waals surface area contributed by atoms with Gasteiger partial charge in [0, 0.05) is 44.5 Å². The summed E-state index contributed by atoms with van der Waals surface area (Å²) in [6.07, 6.45) is 2.03. The SMILES string of the molecule is CN1CCN(Cc2ccc3nc(NC(=O)c4ccnc(COc5cccc(O)c5C=O)c4)n(CC(C)(C)O)c3c2)CC1. The second-order valence-electron chi connectivity index (χ2n) is 11.3. The summed E-state index contributed by atoms with van der Waals surface area (Å²) in [5, 5.41) is 23.5. The molecule has 42 heavy (non-hydrogen) atoms. The number of piperazine rings is 1. The molecule has 1 amide bonds. The third-order valence-corrected chi connectivity index (χ3v) is 7.20. The van der Waals surface area contributed by atoms with Gasteiger partial charge in [0.1, 0.15) is 18.1 Å². The Hall–Kier alpha value is -4.32. The quantitative estimate of drug-likeness (QED) is 0.245. The number of benzene rings is 2. The number of phenols is 1. The standard InChI is InChI=1S/C31H36N6O5/c1-31(2,41)20-37-26-15-21(17-36-13-11-35(3)12-14-36)7-8-25(26)33-30(37)34-29(40)22-9-10-32-23(16-22)19-42-28-6-4-5-27(39)24(28)18-38/h4-10,15-16,18,39,41H,11-14,17,19-20H2,1-3H3,(H,33,34,40). The zero-order valence-corrected chi connectivity index (χ0v) is 24.1. The number of likely N-dealkylation sites (N-methyl/N-ethyl adjacent to an activating group) is 1. The van der Waals surface area contributed by atoms with Crippen molar-refractivity contribution in [3.05, 3.63) is 77.1 Å². The van der Waals surface area contributed by atoms with Crippen molar-refractivity contribution in [3.8, 4) is 11.5 Å². The fourth-order valence-corrected chi connectivity index (χ4v) is 4.97. The van der Waals surface area contributed by atoms with Gasteiger partial charge in [0.25, 0.3) is 5.91 Å². The van der Waals surface area contributed by atoms with Gasteiger partial charge >= 0.3 is 0 Å². The second kappa shape index (κ2) is 12.3. The maximum atomic E-state index is 13.4. The Morgan fingerprint density at radius 3 is 2.64 bits per heavy atom. The van der Waals surface area contributed by atoms with E-state index in [1.54, 1.807) is 38.1 Å². The lowest BCUT2D eigenvalue weighted by Gasteiger charge is -2.32. The van der Waals surface area contributed by atoms with Crippen LogP contribution in [0.1, 0.15) is 45.8 Å². The van der Waals surface area contributed by atoms with Crippen molar-refractivity contribution in [1.82, 2.24) is 24.3 Å². The van der Waals surface area contributed by atoms with E-state index in [0.29, 0.717) is 23.5 Å². The molecule has 4 aromatic rings. The van der Waals surface area contributed by atoms with E-state index in [2.05, 4.69) is 44.3 Å². The Balaban J connectivity index is 1.35. The van der Waals surface area contributed by atoms with E-state index >= 15 is 0 Å². The van der Waals surface area contributed by atoms with Crippen LogP contribution in [-0.2, 0) is 19.7 Å². The van der Waals surface area contributed by atoms with Crippen molar-refractivity contribution in [2.75, 3.05) is 38.5 Å². The second-order valence-corrected chi connectivity index (χ2v) is 11.3. The molecule has 0 radical (unpaired) electrons. The van der Waals surface area contributed by atoms with E-state index in [1.165, 1.54) is 12.3 Å². The fourth-order valence-electron chi connectivity index (χ4n) is 4.97. The number of aliphatic hydroxyl groups is 1. The van der Waals surface area contributed by atoms with Gasteiger partial charge in [-0.25, -0.2) is 4.98 Å². The lowest BCUT2D eigenvalue weighted by molar-refractivity contribution is 0.0630. The Bertz CT molecular complexity index is 1590. The number of phenolic OH excluding ortho intramolecular Hbond substituents is 1. The normalized spacial score (nSPS) is 14.7. The molecule has 5 rings (SSSR count). The van der Waals surface area contributed by atoms with Crippen molar-refractivity contribution >= 4 is 29.2 Å². The number of aromatic nitrogens is 3. The maximum Gasteiger partial charge on any atom is 0.258 e. The molecule has 0 spiro atoms. The van der Waals surface area contributed by atoms with Gasteiger partial charge in [-0.2, -0.15) is 0 Å². The minimum atomic E-state index is -1.05. The van der Waals surface area contributed by atoms with Crippen LogP contribution in [0.2, 0.25) is 0 Å². The summed E-state index contributed by atoms with van der Waals surface area (Å²) in [6.45, 7) is 8.55. The summed E-state index contributed by atoms with van der Waals surface area (Å²) in [6, 6.07) is 13.8. The fraction of sp³-hybridized carbons (Fsp3) is 0.355. The van der Waals surface area contributed by atoms with Crippen LogP contribution in [0.15, 0.2) is 54.7 Å². The minimum absolute atomic E-state index is 0.0152. The van der Waals surface area contributed by atoms with Crippen LogP contribution < -0.4 is 10.1 Å². The number of imidazole rings is 1. The van der Waals surface area contributed by atoms with Gasteiger partial charge in [-0.3, -0.25) is 24.8 Å². The molecule has 1 fully saturated rings. The number of aromatic hydroxyl groups is 1. The van der Waals surface area contributed by atoms with Gasteiger partial charge in [-0.1, -0.05) is 12.1 Å². The first-order valence-electron chi connectivity index (χ1n) is 13.9. The number of hydrogen-bond acceptors (Lipinski definition) is 9. The Morgan fingerprint density at radius 1 is 1.12 bits per heavy atom. The van der Waals surface area contributed by atoms with E-state index < -0.39 is 11.5 Å². The number of carbonyl (C=O) groups is 2. The zero-order valence-electron chi connectivity index (χ0n) is 24.1. The Morgan fingerprint density at radius 2 is 1.90 bits per heavy atom. The summed E-state index contributed by atoms with van der Waals surface area (Å²) >= 11 is 0. The number of nitrogens with one attached hydrogen (secondary N) is 1. The van der Waals surface area contributed by atoms with Gasteiger partial charge in [0.15, 0.2) is 6.29 Å². The van der Waals surface area contributed by atoms with Crippen LogP contribution in [0.5, 0.6) is 11.5 Å². The molecule has 0 unspecified atom stereocenters. The van der Waals surface area contributed by atoms with Gasteiger partial charge in [0.2, 0.25) is 5.95 Å². The highest BCUT2D eigenvalue weighted by Crippen LogP contribution is 2.27. The highest BCUT2D eigenvalue weighted by atomic mass is 16.5. The first-order chi connectivity index (χ1) is 20.1. The van der Waals surface area contributed by atoms with Crippen LogP contribution in [0.4, 0.5) is 5.95 Å². The molecule has 0 atom stereocenters. The Labute approximate surface area is 244 Å². The van der Waals surface area contributed by atoms with Crippen LogP contribution >= 0.6 is 0 Å². The zero-order chi connectivity index (χ0) is 29.9. The lowest BCUT2D eigenvalue weighted by atomic mass is 10.1. The van der Waals surface area contributed by atoms with Gasteiger partial charge in [0.05, 0.1) is 34.4 Å². The van der Waals surface area contributed by atoms with Crippen molar-refractivity contribution in [1.29, 1.82) is 0 Å². The number of hydrogen-bond donors (Lipinski definition) is 3. The molecular formula is C31H36N6O5. The number of amides is 1. The summed E-state index contributed by atoms with van der Waals surface area (Å²) in [7, 11) is 2.14. The largest absolute Gasteiger partial charge is 0.507 e. The number of carbonyl (C=O) groups excluding carboxylic acids is 2. The van der Waals surface area contributed by atoms with E-state index in [-0.39, 0.29) is 30.2 Å². The third kappa shape index (κ3) is 6.93. The molecule has 3 N–H and O–H groups in total. The predicted octanol–water partition coefficient (Wildman–Crippen LogP) is 3.30. The summed E-state index contributed by atoms with van der Waals surface area (Å²) in [5.41, 5.74) is 2.49. The van der Waals surface area contributed by atoms with Crippen molar-refractivity contribution < 1.29 is 24.5 Å². The van der Waals surface area contributed by atoms with Gasteiger partial charge in [-0.05, 0) is 62.9 Å². The Kier molecular flexibility index (Phi) is 8.53. The molecule has 11 nitrogen and oxygen atoms in total. The number of aldehydes is 1. The van der Waals surface area contributed by atoms with Gasteiger partial charge in [-0.15, -0.1) is 0 Å². The smallest absolute Gasteiger partial charge is 0.258 e. The van der Waals surface area contributed by atoms with E-state index in [4.69, 9.17) is 4.74 Å². The van der Waals surface area contributed by atoms with Gasteiger partial charge < -0.3 is 24.4 Å². The molecule has 2 aromatic carbocycles. The minimum Gasteiger partial charge on any atom is -0.507 e. The highest BCUT2D eigenvalue weighted by molar-refractivity contribution is 6.04. The van der Waals surface area contributed by atoms with Crippen molar-refractivity contribution in [2.45, 2.75) is 39.1 Å². The molecular weight excluding hydrogens is 536 g/mol. The third-order valence-electron chi connectivity index (χ3n) is 7.20. The van der Waals surface area contributed by atoms with Crippen molar-refractivity contribution in [3.63, 3.8) is 0 Å². The predicted molar refractivity (Wildman–Crippen MR) is 159 cm³/mol. The van der Waals surface area contributed by atoms with Crippen LogP contribution in [0.3, 0.4) is 0 Å². The number of anilines is 1. The molecule has 220 valence electrons. The average Bonchev–Trinajstić information content (AvgIpc) is 3.27. The topological polar surface area (TPSA) is 133 Å². The molecule has 1 aliphatic rings. The number of nitrogens with zero attached hydrogens (tertiary/aromatic N) is 5. The van der Waals surface area contributed by atoms with Crippen LogP contribution in [0.25, 0.3) is 11.0 Å². The molecule has 0 bridgehead atoms. The highest BCUT2D eigenvalue weighted by Gasteiger charge is 2.22. The maximum absolute atomic E-state index is 13.4. The molecule has 1 aliphatic heterocycles. The van der Waals surface area contributed by atoms with Crippen LogP contribution in [-0.4, -0.2) is 85.6 Å². The molecule has 2 aromatic heterocycles. The molecule has 11 heteroatoms. The lowest BCUT2D eigenvalue weighted by Crippen LogP contribution is -2.43. The number of fused-ring (bicyclic) bond motifs is 1. The summed E-state index contributed by atoms with van der Waals surface area (Å²) in [5.74, 6) is -0.0219. The summed E-state index contributed by atoms with van der Waals surface area (Å²) in [4.78, 5) is 38.4. The number of rotatable bonds is 10. The van der Waals surface area contributed by atoms with E-state index in [9.17, 15) is 19.8 Å². The van der Waals surface area contributed by atoms with E-state index in [1.807, 2.05) is 10.6 Å². The first kappa shape index (κ1) is 29.2. The molecule has 1 saturated heterocycles. The van der Waals surface area contributed by atoms with E-state index in [0.717, 1.165) is 49.3 Å². The molecule has 0 aliphatic carbocycles. The monoisotopic (exact) mass is 572 g/mol. The molecule has 0 saturated carbocycles. The number of pyridine rings is 1. The molecule has 3 heterocycles. The van der Waals surface area contributed by atoms with Crippen LogP contribution in [0, 0.1) is 0 Å². The average molecular weight is 573 g/mol.